The van der Waals surface area contributed by atoms with Gasteiger partial charge in [-0.1, -0.05) is 37.1 Å². The maximum Gasteiger partial charge on any atom is 0.223 e. The number of β-amino-alcohol motifs (C(OH)–C–C–N with tert-alkyl or cyclic N) is 1. The first-order chi connectivity index (χ1) is 10.7. The van der Waals surface area contributed by atoms with Crippen LogP contribution in [-0.2, 0) is 17.9 Å². The molecule has 1 aromatic rings. The zero-order valence-corrected chi connectivity index (χ0v) is 13.1. The molecule has 1 atom stereocenters. The van der Waals surface area contributed by atoms with Crippen LogP contribution in [0.4, 0.5) is 0 Å². The summed E-state index contributed by atoms with van der Waals surface area (Å²) in [7, 11) is 0. The van der Waals surface area contributed by atoms with Crippen LogP contribution in [0.25, 0.3) is 0 Å². The van der Waals surface area contributed by atoms with E-state index in [0.717, 1.165) is 38.9 Å². The SMILES string of the molecule is O=C(NCc1ccccc1CN1CC[C@H](O)C1)C1CCCC1. The summed E-state index contributed by atoms with van der Waals surface area (Å²) in [5.74, 6) is 0.435. The van der Waals surface area contributed by atoms with E-state index in [9.17, 15) is 9.90 Å². The van der Waals surface area contributed by atoms with Crippen molar-refractivity contribution in [2.75, 3.05) is 13.1 Å². The Bertz CT molecular complexity index is 512. The number of aliphatic hydroxyl groups is 1. The summed E-state index contributed by atoms with van der Waals surface area (Å²) in [6.07, 6.45) is 5.13. The third-order valence-corrected chi connectivity index (χ3v) is 4.94. The highest BCUT2D eigenvalue weighted by atomic mass is 16.3. The van der Waals surface area contributed by atoms with Gasteiger partial charge in [0.2, 0.25) is 5.91 Å². The molecule has 1 amide bonds. The van der Waals surface area contributed by atoms with Gasteiger partial charge in [0, 0.05) is 32.1 Å². The number of likely N-dealkylation sites (tertiary alicyclic amines) is 1. The lowest BCUT2D eigenvalue weighted by atomic mass is 10.1. The van der Waals surface area contributed by atoms with Gasteiger partial charge in [-0.15, -0.1) is 0 Å². The van der Waals surface area contributed by atoms with E-state index in [0.29, 0.717) is 6.54 Å². The van der Waals surface area contributed by atoms with Crippen LogP contribution in [-0.4, -0.2) is 35.1 Å². The summed E-state index contributed by atoms with van der Waals surface area (Å²) in [5.41, 5.74) is 2.44. The number of nitrogens with zero attached hydrogens (tertiary/aromatic N) is 1. The topological polar surface area (TPSA) is 52.6 Å². The average Bonchev–Trinajstić information content (AvgIpc) is 3.18. The van der Waals surface area contributed by atoms with Crippen LogP contribution in [0.3, 0.4) is 0 Å². The zero-order chi connectivity index (χ0) is 15.4. The first kappa shape index (κ1) is 15.5. The van der Waals surface area contributed by atoms with Gasteiger partial charge in [0.05, 0.1) is 6.10 Å². The minimum absolute atomic E-state index is 0.186. The fraction of sp³-hybridized carbons (Fsp3) is 0.611. The van der Waals surface area contributed by atoms with E-state index in [1.807, 2.05) is 12.1 Å². The molecule has 2 N–H and O–H groups in total. The average molecular weight is 302 g/mol. The normalized spacial score (nSPS) is 23.0. The third kappa shape index (κ3) is 3.87. The van der Waals surface area contributed by atoms with Crippen molar-refractivity contribution >= 4 is 5.91 Å². The Hall–Kier alpha value is -1.39. The summed E-state index contributed by atoms with van der Waals surface area (Å²) in [4.78, 5) is 14.4. The molecule has 1 aliphatic carbocycles. The molecule has 0 unspecified atom stereocenters. The van der Waals surface area contributed by atoms with E-state index < -0.39 is 0 Å². The molecule has 1 saturated heterocycles. The van der Waals surface area contributed by atoms with E-state index in [2.05, 4.69) is 22.3 Å². The predicted octanol–water partition coefficient (Wildman–Crippen LogP) is 2.06. The maximum atomic E-state index is 12.2. The van der Waals surface area contributed by atoms with Gasteiger partial charge < -0.3 is 10.4 Å². The predicted molar refractivity (Wildman–Crippen MR) is 86.1 cm³/mol. The molecule has 120 valence electrons. The van der Waals surface area contributed by atoms with Gasteiger partial charge in [-0.2, -0.15) is 0 Å². The molecule has 1 aliphatic heterocycles. The zero-order valence-electron chi connectivity index (χ0n) is 13.1. The van der Waals surface area contributed by atoms with Crippen LogP contribution in [0.2, 0.25) is 0 Å². The summed E-state index contributed by atoms with van der Waals surface area (Å²) in [6.45, 7) is 3.17. The number of carbonyl (C=O) groups is 1. The van der Waals surface area contributed by atoms with Gasteiger partial charge in [0.1, 0.15) is 0 Å². The molecular weight excluding hydrogens is 276 g/mol. The van der Waals surface area contributed by atoms with Gasteiger partial charge in [-0.25, -0.2) is 0 Å². The fourth-order valence-corrected chi connectivity index (χ4v) is 3.60. The monoisotopic (exact) mass is 302 g/mol. The van der Waals surface area contributed by atoms with Gasteiger partial charge >= 0.3 is 0 Å². The number of aliphatic hydroxyl groups excluding tert-OH is 1. The van der Waals surface area contributed by atoms with Gasteiger partial charge in [0.15, 0.2) is 0 Å². The quantitative estimate of drug-likeness (QED) is 0.875. The lowest BCUT2D eigenvalue weighted by molar-refractivity contribution is -0.124. The molecule has 0 spiro atoms. The molecular formula is C18H26N2O2. The number of amides is 1. The molecule has 0 bridgehead atoms. The number of hydrogen-bond donors (Lipinski definition) is 2. The number of nitrogens with one attached hydrogen (secondary N) is 1. The number of hydrogen-bond acceptors (Lipinski definition) is 3. The largest absolute Gasteiger partial charge is 0.392 e. The van der Waals surface area contributed by atoms with Crippen LogP contribution in [0.5, 0.6) is 0 Å². The van der Waals surface area contributed by atoms with Crippen molar-refractivity contribution < 1.29 is 9.90 Å². The highest BCUT2D eigenvalue weighted by molar-refractivity contribution is 5.78. The number of carbonyl (C=O) groups excluding carboxylic acids is 1. The second kappa shape index (κ2) is 7.25. The summed E-state index contributed by atoms with van der Waals surface area (Å²) < 4.78 is 0. The van der Waals surface area contributed by atoms with Crippen molar-refractivity contribution in [2.24, 2.45) is 5.92 Å². The lowest BCUT2D eigenvalue weighted by Gasteiger charge is -2.18. The smallest absolute Gasteiger partial charge is 0.223 e. The van der Waals surface area contributed by atoms with Crippen molar-refractivity contribution in [1.82, 2.24) is 10.2 Å². The lowest BCUT2D eigenvalue weighted by Crippen LogP contribution is -2.29. The number of benzene rings is 1. The Morgan fingerprint density at radius 1 is 1.18 bits per heavy atom. The first-order valence-corrected chi connectivity index (χ1v) is 8.47. The Morgan fingerprint density at radius 2 is 1.91 bits per heavy atom. The minimum atomic E-state index is -0.186. The summed E-state index contributed by atoms with van der Waals surface area (Å²) >= 11 is 0. The number of rotatable bonds is 5. The highest BCUT2D eigenvalue weighted by Gasteiger charge is 2.23. The first-order valence-electron chi connectivity index (χ1n) is 8.47. The molecule has 1 heterocycles. The molecule has 22 heavy (non-hydrogen) atoms. The van der Waals surface area contributed by atoms with E-state index in [1.54, 1.807) is 0 Å². The van der Waals surface area contributed by atoms with Crippen LogP contribution >= 0.6 is 0 Å². The Labute approximate surface area is 132 Å². The Kier molecular flexibility index (Phi) is 5.11. The van der Waals surface area contributed by atoms with Crippen molar-refractivity contribution in [3.8, 4) is 0 Å². The van der Waals surface area contributed by atoms with E-state index in [1.165, 1.54) is 24.0 Å². The van der Waals surface area contributed by atoms with Crippen molar-refractivity contribution in [1.29, 1.82) is 0 Å². The highest BCUT2D eigenvalue weighted by Crippen LogP contribution is 2.25. The fourth-order valence-electron chi connectivity index (χ4n) is 3.60. The maximum absolute atomic E-state index is 12.2. The van der Waals surface area contributed by atoms with Crippen molar-refractivity contribution in [2.45, 2.75) is 51.3 Å². The molecule has 1 aromatic carbocycles. The molecule has 2 fully saturated rings. The summed E-state index contributed by atoms with van der Waals surface area (Å²) in [6, 6.07) is 8.29. The van der Waals surface area contributed by atoms with Gasteiger partial charge in [0.25, 0.3) is 0 Å². The standard InChI is InChI=1S/C18H26N2O2/c21-17-9-10-20(13-17)12-16-8-4-3-7-15(16)11-19-18(22)14-5-1-2-6-14/h3-4,7-8,14,17,21H,1-2,5-6,9-13H2,(H,19,22)/t17-/m0/s1. The summed E-state index contributed by atoms with van der Waals surface area (Å²) in [5, 5.41) is 12.8. The molecule has 4 nitrogen and oxygen atoms in total. The van der Waals surface area contributed by atoms with Crippen molar-refractivity contribution in [3.05, 3.63) is 35.4 Å². The molecule has 0 radical (unpaired) electrons. The molecule has 1 saturated carbocycles. The van der Waals surface area contributed by atoms with E-state index in [-0.39, 0.29) is 17.9 Å². The van der Waals surface area contributed by atoms with Crippen molar-refractivity contribution in [3.63, 3.8) is 0 Å². The van der Waals surface area contributed by atoms with Crippen LogP contribution in [0, 0.1) is 5.92 Å². The third-order valence-electron chi connectivity index (χ3n) is 4.94. The van der Waals surface area contributed by atoms with Gasteiger partial charge in [-0.05, 0) is 30.4 Å². The second-order valence-corrected chi connectivity index (χ2v) is 6.65. The molecule has 2 aliphatic rings. The van der Waals surface area contributed by atoms with Crippen LogP contribution in [0.15, 0.2) is 24.3 Å². The van der Waals surface area contributed by atoms with Crippen LogP contribution < -0.4 is 5.32 Å². The van der Waals surface area contributed by atoms with Gasteiger partial charge in [-0.3, -0.25) is 9.69 Å². The van der Waals surface area contributed by atoms with E-state index in [4.69, 9.17) is 0 Å². The molecule has 4 heteroatoms. The molecule has 3 rings (SSSR count). The van der Waals surface area contributed by atoms with Crippen LogP contribution in [0.1, 0.15) is 43.2 Å². The Morgan fingerprint density at radius 3 is 2.59 bits per heavy atom. The molecule has 0 aromatic heterocycles. The second-order valence-electron chi connectivity index (χ2n) is 6.65. The minimum Gasteiger partial charge on any atom is -0.392 e. The Balaban J connectivity index is 1.57. The van der Waals surface area contributed by atoms with E-state index >= 15 is 0 Å².